The number of ether oxygens (including phenoxy) is 1. The van der Waals surface area contributed by atoms with Gasteiger partial charge in [0.25, 0.3) is 5.91 Å². The molecule has 9 heteroatoms. The molecule has 200 valence electrons. The Hall–Kier alpha value is -2.88. The first kappa shape index (κ1) is 28.7. The molecule has 0 aliphatic heterocycles. The maximum atomic E-state index is 13.5. The zero-order valence-electron chi connectivity index (χ0n) is 21.9. The number of anilines is 1. The fourth-order valence-electron chi connectivity index (χ4n) is 3.97. The van der Waals surface area contributed by atoms with Crippen molar-refractivity contribution in [1.29, 1.82) is 0 Å². The number of unbranched alkanes of at least 4 members (excludes halogenated alkanes) is 2. The topological polar surface area (TPSA) is 92.9 Å². The largest absolute Gasteiger partial charge is 0.454 e. The van der Waals surface area contributed by atoms with Gasteiger partial charge in [0, 0.05) is 37.1 Å². The number of hydrogen-bond acceptors (Lipinski definition) is 6. The van der Waals surface area contributed by atoms with Gasteiger partial charge in [-0.3, -0.25) is 4.79 Å². The number of amides is 1. The van der Waals surface area contributed by atoms with E-state index >= 15 is 0 Å². The number of carbonyl (C=O) groups excluding carboxylic acids is 1. The number of rotatable bonds is 14. The summed E-state index contributed by atoms with van der Waals surface area (Å²) in [5, 5.41) is 7.71. The third kappa shape index (κ3) is 8.05. The Bertz CT molecular complexity index is 1240. The molecular weight excluding hydrogens is 506 g/mol. The Morgan fingerprint density at radius 2 is 1.65 bits per heavy atom. The van der Waals surface area contributed by atoms with Gasteiger partial charge < -0.3 is 14.5 Å². The van der Waals surface area contributed by atoms with Crippen LogP contribution in [0.25, 0.3) is 0 Å². The van der Waals surface area contributed by atoms with Gasteiger partial charge in [0.15, 0.2) is 5.75 Å². The van der Waals surface area contributed by atoms with Crippen molar-refractivity contribution in [2.45, 2.75) is 50.8 Å². The summed E-state index contributed by atoms with van der Waals surface area (Å²) in [7, 11) is -2.47. The van der Waals surface area contributed by atoms with E-state index in [9.17, 15) is 13.2 Å². The zero-order valence-corrected chi connectivity index (χ0v) is 23.5. The Morgan fingerprint density at radius 3 is 2.22 bits per heavy atom. The molecule has 0 bridgehead atoms. The highest BCUT2D eigenvalue weighted by Gasteiger charge is 2.27. The molecule has 0 aliphatic carbocycles. The van der Waals surface area contributed by atoms with E-state index < -0.39 is 10.0 Å². The quantitative estimate of drug-likeness (QED) is 0.273. The van der Waals surface area contributed by atoms with Crippen LogP contribution in [0.5, 0.6) is 11.5 Å². The number of nitrogens with two attached hydrogens (primary N) is 1. The number of thiophene rings is 1. The lowest BCUT2D eigenvalue weighted by molar-refractivity contribution is 0.0796. The highest BCUT2D eigenvalue weighted by atomic mass is 32.2. The number of primary sulfonamides is 1. The number of carbonyl (C=O) groups is 1. The van der Waals surface area contributed by atoms with Crippen LogP contribution in [-0.4, -0.2) is 45.9 Å². The molecule has 0 saturated heterocycles. The zero-order chi connectivity index (χ0) is 26.8. The average molecular weight is 544 g/mol. The van der Waals surface area contributed by atoms with E-state index in [0.717, 1.165) is 32.1 Å². The van der Waals surface area contributed by atoms with E-state index in [-0.39, 0.29) is 22.1 Å². The second-order valence-electron chi connectivity index (χ2n) is 9.03. The third-order valence-corrected chi connectivity index (χ3v) is 7.93. The van der Waals surface area contributed by atoms with Gasteiger partial charge in [-0.05, 0) is 55.0 Å². The van der Waals surface area contributed by atoms with Crippen LogP contribution in [0, 0.1) is 0 Å². The van der Waals surface area contributed by atoms with Crippen LogP contribution in [-0.2, 0) is 16.4 Å². The molecule has 2 N–H and O–H groups in total. The normalized spacial score (nSPS) is 11.4. The van der Waals surface area contributed by atoms with Crippen LogP contribution in [0.1, 0.15) is 54.8 Å². The first-order valence-electron chi connectivity index (χ1n) is 12.7. The van der Waals surface area contributed by atoms with Gasteiger partial charge in [0.2, 0.25) is 10.0 Å². The molecule has 0 saturated carbocycles. The van der Waals surface area contributed by atoms with Crippen molar-refractivity contribution < 1.29 is 17.9 Å². The molecule has 7 nitrogen and oxygen atoms in total. The molecule has 2 aromatic carbocycles. The molecule has 0 radical (unpaired) electrons. The van der Waals surface area contributed by atoms with Crippen LogP contribution < -0.4 is 14.8 Å². The highest BCUT2D eigenvalue weighted by molar-refractivity contribution is 7.89. The standard InChI is InChI=1S/C28H37N3O4S2/c1-4-6-16-31(17-7-5-2)25-20-22(28(32)30(3)18-15-24-14-11-19-36-24)21-26(37(29,33)34)27(25)35-23-12-9-8-10-13-23/h8-14,19-21H,4-7,15-18H2,1-3H3,(H2,29,33,34). The Labute approximate surface area is 224 Å². The Balaban J connectivity index is 2.10. The molecule has 0 spiro atoms. The first-order chi connectivity index (χ1) is 17.7. The van der Waals surface area contributed by atoms with Gasteiger partial charge in [0.05, 0.1) is 5.69 Å². The van der Waals surface area contributed by atoms with Crippen LogP contribution in [0.3, 0.4) is 0 Å². The number of para-hydroxylation sites is 1. The lowest BCUT2D eigenvalue weighted by Crippen LogP contribution is -2.31. The van der Waals surface area contributed by atoms with E-state index in [1.165, 1.54) is 10.9 Å². The van der Waals surface area contributed by atoms with Crippen molar-refractivity contribution >= 4 is 33.0 Å². The van der Waals surface area contributed by atoms with E-state index in [2.05, 4.69) is 18.7 Å². The van der Waals surface area contributed by atoms with Crippen molar-refractivity contribution in [1.82, 2.24) is 4.90 Å². The maximum Gasteiger partial charge on any atom is 0.253 e. The van der Waals surface area contributed by atoms with E-state index in [4.69, 9.17) is 9.88 Å². The van der Waals surface area contributed by atoms with Gasteiger partial charge >= 0.3 is 0 Å². The summed E-state index contributed by atoms with van der Waals surface area (Å²) in [5.74, 6) is 0.380. The number of hydrogen-bond donors (Lipinski definition) is 1. The van der Waals surface area contributed by atoms with Crippen LogP contribution in [0.2, 0.25) is 0 Å². The maximum absolute atomic E-state index is 13.5. The summed E-state index contributed by atoms with van der Waals surface area (Å²) in [5.41, 5.74) is 0.832. The lowest BCUT2D eigenvalue weighted by atomic mass is 10.1. The summed E-state index contributed by atoms with van der Waals surface area (Å²) in [4.78, 5) is 18.2. The highest BCUT2D eigenvalue weighted by Crippen LogP contribution is 2.40. The minimum Gasteiger partial charge on any atom is -0.454 e. The smallest absolute Gasteiger partial charge is 0.253 e. The lowest BCUT2D eigenvalue weighted by Gasteiger charge is -2.29. The number of nitrogens with zero attached hydrogens (tertiary/aromatic N) is 2. The van der Waals surface area contributed by atoms with Crippen molar-refractivity contribution in [2.75, 3.05) is 31.6 Å². The number of benzene rings is 2. The predicted molar refractivity (Wildman–Crippen MR) is 151 cm³/mol. The first-order valence-corrected chi connectivity index (χ1v) is 15.1. The molecule has 0 atom stereocenters. The second-order valence-corrected chi connectivity index (χ2v) is 11.6. The van der Waals surface area contributed by atoms with Gasteiger partial charge in [-0.25, -0.2) is 13.6 Å². The molecule has 37 heavy (non-hydrogen) atoms. The summed E-state index contributed by atoms with van der Waals surface area (Å²) in [6.07, 6.45) is 4.51. The molecule has 0 fully saturated rings. The SMILES string of the molecule is CCCCN(CCCC)c1cc(C(=O)N(C)CCc2cccs2)cc(S(N)(=O)=O)c1Oc1ccccc1. The minimum atomic E-state index is -4.20. The summed E-state index contributed by atoms with van der Waals surface area (Å²) in [6, 6.07) is 16.1. The van der Waals surface area contributed by atoms with Crippen molar-refractivity contribution in [3.05, 3.63) is 70.4 Å². The molecule has 3 aromatic rings. The fourth-order valence-corrected chi connectivity index (χ4v) is 5.37. The van der Waals surface area contributed by atoms with Crippen LogP contribution in [0.4, 0.5) is 5.69 Å². The Kier molecular flexibility index (Phi) is 10.5. The molecule has 1 heterocycles. The van der Waals surface area contributed by atoms with Gasteiger partial charge in [-0.2, -0.15) is 0 Å². The average Bonchev–Trinajstić information content (AvgIpc) is 3.41. The van der Waals surface area contributed by atoms with Gasteiger partial charge in [-0.1, -0.05) is 51.0 Å². The summed E-state index contributed by atoms with van der Waals surface area (Å²) < 4.78 is 31.8. The van der Waals surface area contributed by atoms with E-state index in [1.807, 2.05) is 35.7 Å². The molecule has 1 amide bonds. The van der Waals surface area contributed by atoms with E-state index in [1.54, 1.807) is 41.5 Å². The van der Waals surface area contributed by atoms with Crippen LogP contribution >= 0.6 is 11.3 Å². The van der Waals surface area contributed by atoms with Gasteiger partial charge in [-0.15, -0.1) is 11.3 Å². The number of sulfonamides is 1. The molecular formula is C28H37N3O4S2. The van der Waals surface area contributed by atoms with Crippen molar-refractivity contribution in [3.8, 4) is 11.5 Å². The predicted octanol–water partition coefficient (Wildman–Crippen LogP) is 5.91. The number of likely N-dealkylation sites (N-methyl/N-ethyl adjacent to an activating group) is 1. The third-order valence-electron chi connectivity index (χ3n) is 6.08. The van der Waals surface area contributed by atoms with Crippen molar-refractivity contribution in [3.63, 3.8) is 0 Å². The summed E-state index contributed by atoms with van der Waals surface area (Å²) in [6.45, 7) is 6.14. The molecule has 0 aliphatic rings. The fraction of sp³-hybridized carbons (Fsp3) is 0.393. The molecule has 3 rings (SSSR count). The van der Waals surface area contributed by atoms with Gasteiger partial charge in [0.1, 0.15) is 10.6 Å². The minimum absolute atomic E-state index is 0.152. The van der Waals surface area contributed by atoms with Crippen LogP contribution in [0.15, 0.2) is 64.9 Å². The molecule has 0 unspecified atom stereocenters. The summed E-state index contributed by atoms with van der Waals surface area (Å²) >= 11 is 1.65. The Morgan fingerprint density at radius 1 is 0.973 bits per heavy atom. The molecule has 1 aromatic heterocycles. The van der Waals surface area contributed by atoms with E-state index in [0.29, 0.717) is 31.1 Å². The second kappa shape index (κ2) is 13.6. The monoisotopic (exact) mass is 543 g/mol. The van der Waals surface area contributed by atoms with Crippen molar-refractivity contribution in [2.24, 2.45) is 5.14 Å².